The van der Waals surface area contributed by atoms with Gasteiger partial charge in [-0.2, -0.15) is 0 Å². The molecule has 2 aromatic heterocycles. The largest absolute Gasteiger partial charge is 0.466 e. The summed E-state index contributed by atoms with van der Waals surface area (Å²) in [7, 11) is 0. The van der Waals surface area contributed by atoms with Gasteiger partial charge in [-0.15, -0.1) is 0 Å². The molecule has 2 heterocycles. The lowest BCUT2D eigenvalue weighted by molar-refractivity contribution is -0.117. The Morgan fingerprint density at radius 3 is 2.76 bits per heavy atom. The summed E-state index contributed by atoms with van der Waals surface area (Å²) in [5.74, 6) is 1.36. The van der Waals surface area contributed by atoms with Crippen molar-refractivity contribution in [3.05, 3.63) is 59.4 Å². The maximum absolute atomic E-state index is 12.0. The summed E-state index contributed by atoms with van der Waals surface area (Å²) in [4.78, 5) is 16.3. The van der Waals surface area contributed by atoms with Crippen LogP contribution in [0.4, 0.5) is 0 Å². The number of carbonyl (C=O) groups excluding carboxylic acids is 1. The van der Waals surface area contributed by atoms with Crippen molar-refractivity contribution in [2.45, 2.75) is 26.4 Å². The molecule has 0 unspecified atom stereocenters. The van der Waals surface area contributed by atoms with Gasteiger partial charge in [0.05, 0.1) is 6.54 Å². The van der Waals surface area contributed by atoms with Crippen LogP contribution >= 0.6 is 0 Å². The Labute approximate surface area is 145 Å². The minimum Gasteiger partial charge on any atom is -0.466 e. The predicted molar refractivity (Wildman–Crippen MR) is 93.8 cm³/mol. The van der Waals surface area contributed by atoms with Crippen LogP contribution in [0.25, 0.3) is 17.2 Å². The van der Waals surface area contributed by atoms with E-state index in [1.165, 1.54) is 12.2 Å². The predicted octanol–water partition coefficient (Wildman–Crippen LogP) is 3.07. The fourth-order valence-corrected chi connectivity index (χ4v) is 2.69. The summed E-state index contributed by atoms with van der Waals surface area (Å²) >= 11 is 0. The van der Waals surface area contributed by atoms with Crippen LogP contribution < -0.4 is 5.32 Å². The Hall–Kier alpha value is -2.86. The molecule has 6 nitrogen and oxygen atoms in total. The molecule has 3 rings (SSSR count). The lowest BCUT2D eigenvalue weighted by Gasteiger charge is -2.22. The van der Waals surface area contributed by atoms with E-state index < -0.39 is 5.60 Å². The molecule has 0 spiro atoms. The van der Waals surface area contributed by atoms with Gasteiger partial charge in [-0.05, 0) is 39.0 Å². The molecule has 0 aliphatic heterocycles. The van der Waals surface area contributed by atoms with Crippen molar-refractivity contribution in [3.63, 3.8) is 0 Å². The molecule has 6 heteroatoms. The van der Waals surface area contributed by atoms with Gasteiger partial charge in [-0.3, -0.25) is 4.79 Å². The van der Waals surface area contributed by atoms with Crippen LogP contribution in [-0.4, -0.2) is 22.5 Å². The number of aliphatic hydroxyl groups is 1. The number of para-hydroxylation sites is 2. The number of aryl methyl sites for hydroxylation is 2. The van der Waals surface area contributed by atoms with Gasteiger partial charge in [0.2, 0.25) is 11.8 Å². The van der Waals surface area contributed by atoms with E-state index in [1.54, 1.807) is 19.9 Å². The van der Waals surface area contributed by atoms with Gasteiger partial charge >= 0.3 is 0 Å². The number of oxazole rings is 1. The number of fused-ring (bicyclic) bond motifs is 1. The Morgan fingerprint density at radius 1 is 1.32 bits per heavy atom. The van der Waals surface area contributed by atoms with Crippen LogP contribution in [0.2, 0.25) is 0 Å². The SMILES string of the molecule is Cc1cc([C@](C)(O)CNC(=O)/C=C/c2nc3ccccc3o2)c(C)o1. The third kappa shape index (κ3) is 3.80. The number of benzene rings is 1. The minimum absolute atomic E-state index is 0.0591. The number of hydrogen-bond donors (Lipinski definition) is 2. The molecular weight excluding hydrogens is 320 g/mol. The van der Waals surface area contributed by atoms with E-state index in [9.17, 15) is 9.90 Å². The number of amides is 1. The molecule has 0 saturated heterocycles. The minimum atomic E-state index is -1.22. The summed E-state index contributed by atoms with van der Waals surface area (Å²) < 4.78 is 10.9. The second-order valence-electron chi connectivity index (χ2n) is 6.17. The highest BCUT2D eigenvalue weighted by atomic mass is 16.3. The van der Waals surface area contributed by atoms with E-state index in [0.29, 0.717) is 22.8 Å². The Balaban J connectivity index is 1.63. The van der Waals surface area contributed by atoms with Crippen molar-refractivity contribution in [1.82, 2.24) is 10.3 Å². The highest BCUT2D eigenvalue weighted by molar-refractivity contribution is 5.91. The van der Waals surface area contributed by atoms with E-state index in [-0.39, 0.29) is 12.5 Å². The van der Waals surface area contributed by atoms with Gasteiger partial charge in [0.1, 0.15) is 22.6 Å². The smallest absolute Gasteiger partial charge is 0.244 e. The molecule has 0 saturated carbocycles. The molecule has 3 aromatic rings. The summed E-state index contributed by atoms with van der Waals surface area (Å²) in [6.45, 7) is 5.29. The Bertz CT molecular complexity index is 901. The highest BCUT2D eigenvalue weighted by Crippen LogP contribution is 2.26. The number of carbonyl (C=O) groups is 1. The monoisotopic (exact) mass is 340 g/mol. The molecule has 2 N–H and O–H groups in total. The lowest BCUT2D eigenvalue weighted by atomic mass is 9.96. The van der Waals surface area contributed by atoms with E-state index in [2.05, 4.69) is 10.3 Å². The van der Waals surface area contributed by atoms with Crippen molar-refractivity contribution < 1.29 is 18.7 Å². The fourth-order valence-electron chi connectivity index (χ4n) is 2.69. The van der Waals surface area contributed by atoms with Crippen LogP contribution in [-0.2, 0) is 10.4 Å². The molecule has 0 aliphatic carbocycles. The number of hydrogen-bond acceptors (Lipinski definition) is 5. The first-order valence-electron chi connectivity index (χ1n) is 7.96. The van der Waals surface area contributed by atoms with E-state index >= 15 is 0 Å². The van der Waals surface area contributed by atoms with Gasteiger partial charge in [0.25, 0.3) is 0 Å². The van der Waals surface area contributed by atoms with Gasteiger partial charge in [-0.1, -0.05) is 12.1 Å². The number of aromatic nitrogens is 1. The summed E-state index contributed by atoms with van der Waals surface area (Å²) in [6.07, 6.45) is 2.82. The van der Waals surface area contributed by atoms with E-state index in [0.717, 1.165) is 11.3 Å². The number of rotatable bonds is 5. The zero-order valence-electron chi connectivity index (χ0n) is 14.4. The number of furan rings is 1. The first-order valence-corrected chi connectivity index (χ1v) is 7.96. The average Bonchev–Trinajstić information content (AvgIpc) is 3.13. The van der Waals surface area contributed by atoms with Crippen LogP contribution in [0.15, 0.2) is 45.2 Å². The van der Waals surface area contributed by atoms with Crippen molar-refractivity contribution in [2.24, 2.45) is 0 Å². The molecule has 1 amide bonds. The topological polar surface area (TPSA) is 88.5 Å². The second kappa shape index (κ2) is 6.57. The highest BCUT2D eigenvalue weighted by Gasteiger charge is 2.27. The van der Waals surface area contributed by atoms with E-state index in [4.69, 9.17) is 8.83 Å². The standard InChI is InChI=1S/C19H20N2O4/c1-12-10-14(13(2)24-12)19(3,23)11-20-17(22)8-9-18-21-15-6-4-5-7-16(15)25-18/h4-10,23H,11H2,1-3H3,(H,20,22)/b9-8+/t19-/m1/s1. The first-order chi connectivity index (χ1) is 11.8. The van der Waals surface area contributed by atoms with Crippen molar-refractivity contribution >= 4 is 23.1 Å². The van der Waals surface area contributed by atoms with Crippen molar-refractivity contribution in [3.8, 4) is 0 Å². The van der Waals surface area contributed by atoms with Gasteiger partial charge in [-0.25, -0.2) is 4.98 Å². The number of nitrogens with one attached hydrogen (secondary N) is 1. The molecular formula is C19H20N2O4. The van der Waals surface area contributed by atoms with Crippen molar-refractivity contribution in [2.75, 3.05) is 6.54 Å². The quantitative estimate of drug-likeness (QED) is 0.697. The Kier molecular flexibility index (Phi) is 4.46. The summed E-state index contributed by atoms with van der Waals surface area (Å²) in [6, 6.07) is 9.15. The molecule has 0 bridgehead atoms. The van der Waals surface area contributed by atoms with Crippen LogP contribution in [0.3, 0.4) is 0 Å². The Morgan fingerprint density at radius 2 is 2.08 bits per heavy atom. The number of nitrogens with zero attached hydrogens (tertiary/aromatic N) is 1. The maximum Gasteiger partial charge on any atom is 0.244 e. The van der Waals surface area contributed by atoms with Crippen LogP contribution in [0.5, 0.6) is 0 Å². The summed E-state index contributed by atoms with van der Waals surface area (Å²) in [5.41, 5.74) is 0.837. The molecule has 1 atom stereocenters. The van der Waals surface area contributed by atoms with Gasteiger partial charge < -0.3 is 19.3 Å². The normalized spacial score (nSPS) is 14.1. The van der Waals surface area contributed by atoms with Crippen LogP contribution in [0.1, 0.15) is 29.9 Å². The van der Waals surface area contributed by atoms with Gasteiger partial charge in [0.15, 0.2) is 5.58 Å². The third-order valence-corrected chi connectivity index (χ3v) is 3.92. The zero-order chi connectivity index (χ0) is 18.0. The van der Waals surface area contributed by atoms with Crippen LogP contribution in [0, 0.1) is 13.8 Å². The molecule has 0 radical (unpaired) electrons. The molecule has 130 valence electrons. The first kappa shape index (κ1) is 17.0. The van der Waals surface area contributed by atoms with Crippen molar-refractivity contribution in [1.29, 1.82) is 0 Å². The third-order valence-electron chi connectivity index (χ3n) is 3.92. The molecule has 25 heavy (non-hydrogen) atoms. The second-order valence-corrected chi connectivity index (χ2v) is 6.17. The molecule has 0 aliphatic rings. The van der Waals surface area contributed by atoms with Gasteiger partial charge in [0, 0.05) is 17.7 Å². The fraction of sp³-hybridized carbons (Fsp3) is 0.263. The molecule has 0 fully saturated rings. The van der Waals surface area contributed by atoms with E-state index in [1.807, 2.05) is 31.2 Å². The molecule has 1 aromatic carbocycles. The zero-order valence-corrected chi connectivity index (χ0v) is 14.4. The summed E-state index contributed by atoms with van der Waals surface area (Å²) in [5, 5.41) is 13.3. The average molecular weight is 340 g/mol. The maximum atomic E-state index is 12.0. The lowest BCUT2D eigenvalue weighted by Crippen LogP contribution is -2.38.